The zero-order valence-corrected chi connectivity index (χ0v) is 15.4. The van der Waals surface area contributed by atoms with Crippen molar-refractivity contribution in [3.63, 3.8) is 0 Å². The van der Waals surface area contributed by atoms with Gasteiger partial charge in [0.2, 0.25) is 0 Å². The Balaban J connectivity index is 0.00000361. The number of hydrogen-bond donors (Lipinski definition) is 0. The van der Waals surface area contributed by atoms with Crippen molar-refractivity contribution in [3.8, 4) is 5.75 Å². The molecule has 0 unspecified atom stereocenters. The largest absolute Gasteiger partial charge is 1.00 e. The molecule has 0 aliphatic rings. The van der Waals surface area contributed by atoms with Gasteiger partial charge in [0.25, 0.3) is 0 Å². The Kier molecular flexibility index (Phi) is 10.5. The Bertz CT molecular complexity index is 386. The van der Waals surface area contributed by atoms with Gasteiger partial charge in [-0.2, -0.15) is 0 Å². The van der Waals surface area contributed by atoms with E-state index in [4.69, 9.17) is 9.47 Å². The Morgan fingerprint density at radius 2 is 1.80 bits per heavy atom. The van der Waals surface area contributed by atoms with Gasteiger partial charge in [-0.05, 0) is 24.5 Å². The number of ether oxygens (including phenoxy) is 2. The molecule has 0 fully saturated rings. The number of halogens is 3. The minimum Gasteiger partial charge on any atom is -0.491 e. The van der Waals surface area contributed by atoms with Crippen LogP contribution in [0.15, 0.2) is 24.3 Å². The first-order valence-electron chi connectivity index (χ1n) is 6.40. The molecule has 0 spiro atoms. The van der Waals surface area contributed by atoms with E-state index in [2.05, 4.69) is 13.8 Å². The molecule has 0 aliphatic carbocycles. The third kappa shape index (κ3) is 8.69. The van der Waals surface area contributed by atoms with Crippen LogP contribution in [0.4, 0.5) is 12.9 Å². The SMILES string of the molecule is CC(C)CCOCCOc1cccc([B-](F)(F)F)c1.[K+]. The van der Waals surface area contributed by atoms with Gasteiger partial charge in [-0.3, -0.25) is 0 Å². The van der Waals surface area contributed by atoms with Crippen LogP contribution in [0, 0.1) is 5.92 Å². The second kappa shape index (κ2) is 10.2. The standard InChI is InChI=1S/C13H19BF3O2.K/c1-11(2)6-7-18-8-9-19-13-5-3-4-12(10-13)14(15,16)17;/h3-5,10-11H,6-9H2,1-2H3;/q-1;+1. The van der Waals surface area contributed by atoms with Crippen molar-refractivity contribution < 1.29 is 73.8 Å². The second-order valence-corrected chi connectivity index (χ2v) is 4.79. The summed E-state index contributed by atoms with van der Waals surface area (Å²) in [4.78, 5) is 0. The summed E-state index contributed by atoms with van der Waals surface area (Å²) in [7, 11) is 0. The van der Waals surface area contributed by atoms with Crippen molar-refractivity contribution >= 4 is 12.4 Å². The van der Waals surface area contributed by atoms with E-state index >= 15 is 0 Å². The molecular formula is C13H19BF3KO2. The molecule has 0 saturated heterocycles. The minimum absolute atomic E-state index is 0. The van der Waals surface area contributed by atoms with E-state index in [0.717, 1.165) is 18.6 Å². The summed E-state index contributed by atoms with van der Waals surface area (Å²) in [6.07, 6.45) is 0.964. The van der Waals surface area contributed by atoms with Crippen LogP contribution in [0.3, 0.4) is 0 Å². The van der Waals surface area contributed by atoms with Crippen LogP contribution in [-0.2, 0) is 4.74 Å². The first kappa shape index (κ1) is 20.5. The van der Waals surface area contributed by atoms with Gasteiger partial charge in [-0.1, -0.05) is 26.0 Å². The third-order valence-electron chi connectivity index (χ3n) is 2.57. The van der Waals surface area contributed by atoms with Gasteiger partial charge in [-0.15, -0.1) is 5.46 Å². The zero-order chi connectivity index (χ0) is 14.3. The molecule has 2 nitrogen and oxygen atoms in total. The summed E-state index contributed by atoms with van der Waals surface area (Å²) >= 11 is 0. The van der Waals surface area contributed by atoms with Gasteiger partial charge in [0, 0.05) is 6.61 Å². The van der Waals surface area contributed by atoms with Crippen molar-refractivity contribution in [2.45, 2.75) is 20.3 Å². The van der Waals surface area contributed by atoms with E-state index in [1.165, 1.54) is 12.1 Å². The van der Waals surface area contributed by atoms with Crippen molar-refractivity contribution in [2.75, 3.05) is 19.8 Å². The van der Waals surface area contributed by atoms with Crippen molar-refractivity contribution in [1.82, 2.24) is 0 Å². The summed E-state index contributed by atoms with van der Waals surface area (Å²) in [5.41, 5.74) is -0.641. The fourth-order valence-electron chi connectivity index (χ4n) is 1.45. The fourth-order valence-corrected chi connectivity index (χ4v) is 1.45. The molecule has 108 valence electrons. The Morgan fingerprint density at radius 1 is 1.10 bits per heavy atom. The predicted octanol–water partition coefficient (Wildman–Crippen LogP) is 0.187. The van der Waals surface area contributed by atoms with Crippen LogP contribution in [0.5, 0.6) is 5.75 Å². The van der Waals surface area contributed by atoms with Crippen LogP contribution < -0.4 is 61.6 Å². The Morgan fingerprint density at radius 3 is 2.40 bits per heavy atom. The van der Waals surface area contributed by atoms with E-state index in [0.29, 0.717) is 19.1 Å². The van der Waals surface area contributed by atoms with E-state index in [1.807, 2.05) is 0 Å². The summed E-state index contributed by atoms with van der Waals surface area (Å²) in [5, 5.41) is 0. The molecule has 0 atom stereocenters. The van der Waals surface area contributed by atoms with Crippen LogP contribution >= 0.6 is 0 Å². The third-order valence-corrected chi connectivity index (χ3v) is 2.57. The summed E-state index contributed by atoms with van der Waals surface area (Å²) in [5.74, 6) is 0.802. The molecule has 1 aromatic carbocycles. The Hall–Kier alpha value is 0.471. The molecule has 0 amide bonds. The molecule has 0 N–H and O–H groups in total. The first-order valence-corrected chi connectivity index (χ1v) is 6.40. The van der Waals surface area contributed by atoms with Crippen LogP contribution in [0.2, 0.25) is 0 Å². The van der Waals surface area contributed by atoms with E-state index in [9.17, 15) is 12.9 Å². The number of benzene rings is 1. The monoisotopic (exact) mass is 314 g/mol. The molecule has 0 saturated carbocycles. The average molecular weight is 314 g/mol. The summed E-state index contributed by atoms with van der Waals surface area (Å²) in [6.45, 7) is 0.514. The quantitative estimate of drug-likeness (QED) is 0.504. The summed E-state index contributed by atoms with van der Waals surface area (Å²) < 4.78 is 48.1. The average Bonchev–Trinajstić information content (AvgIpc) is 2.32. The molecular weight excluding hydrogens is 295 g/mol. The van der Waals surface area contributed by atoms with Gasteiger partial charge >= 0.3 is 58.4 Å². The van der Waals surface area contributed by atoms with Crippen LogP contribution in [0.1, 0.15) is 20.3 Å². The van der Waals surface area contributed by atoms with E-state index in [1.54, 1.807) is 0 Å². The smallest absolute Gasteiger partial charge is 0.491 e. The van der Waals surface area contributed by atoms with Crippen LogP contribution in [-0.4, -0.2) is 26.8 Å². The van der Waals surface area contributed by atoms with Gasteiger partial charge in [-0.25, -0.2) is 0 Å². The van der Waals surface area contributed by atoms with Crippen molar-refractivity contribution in [3.05, 3.63) is 24.3 Å². The molecule has 7 heteroatoms. The maximum Gasteiger partial charge on any atom is 1.00 e. The normalized spacial score (nSPS) is 11.3. The van der Waals surface area contributed by atoms with Gasteiger partial charge in [0.15, 0.2) is 0 Å². The molecule has 0 aliphatic heterocycles. The number of hydrogen-bond acceptors (Lipinski definition) is 2. The summed E-state index contributed by atoms with van der Waals surface area (Å²) in [6, 6.07) is 4.93. The molecule has 0 heterocycles. The van der Waals surface area contributed by atoms with E-state index in [-0.39, 0.29) is 63.7 Å². The van der Waals surface area contributed by atoms with E-state index < -0.39 is 12.4 Å². The molecule has 20 heavy (non-hydrogen) atoms. The number of rotatable bonds is 8. The maximum absolute atomic E-state index is 12.5. The van der Waals surface area contributed by atoms with Crippen molar-refractivity contribution in [2.24, 2.45) is 5.92 Å². The molecule has 0 bridgehead atoms. The fraction of sp³-hybridized carbons (Fsp3) is 0.538. The first-order chi connectivity index (χ1) is 8.89. The van der Waals surface area contributed by atoms with Crippen LogP contribution in [0.25, 0.3) is 0 Å². The molecule has 0 aromatic heterocycles. The van der Waals surface area contributed by atoms with Gasteiger partial charge < -0.3 is 22.4 Å². The molecule has 1 rings (SSSR count). The zero-order valence-electron chi connectivity index (χ0n) is 12.2. The molecule has 1 aromatic rings. The Labute approximate surface area is 160 Å². The van der Waals surface area contributed by atoms with Crippen molar-refractivity contribution in [1.29, 1.82) is 0 Å². The minimum atomic E-state index is -4.97. The second-order valence-electron chi connectivity index (χ2n) is 4.79. The van der Waals surface area contributed by atoms with Gasteiger partial charge in [0.1, 0.15) is 12.4 Å². The predicted molar refractivity (Wildman–Crippen MR) is 70.9 cm³/mol. The maximum atomic E-state index is 12.5. The molecule has 0 radical (unpaired) electrons. The topological polar surface area (TPSA) is 18.5 Å². The van der Waals surface area contributed by atoms with Gasteiger partial charge in [0.05, 0.1) is 6.61 Å².